The highest BCUT2D eigenvalue weighted by Crippen LogP contribution is 2.38. The van der Waals surface area contributed by atoms with Crippen LogP contribution in [-0.4, -0.2) is 32.2 Å². The van der Waals surface area contributed by atoms with Crippen LogP contribution in [0.3, 0.4) is 0 Å². The Kier molecular flexibility index (Phi) is 5.45. The number of methoxy groups -OCH3 is 3. The second kappa shape index (κ2) is 7.95. The summed E-state index contributed by atoms with van der Waals surface area (Å²) < 4.78 is 15.9. The van der Waals surface area contributed by atoms with Crippen LogP contribution in [-0.2, 0) is 6.54 Å². The van der Waals surface area contributed by atoms with Crippen LogP contribution in [0.25, 0.3) is 10.8 Å². The van der Waals surface area contributed by atoms with Crippen LogP contribution >= 0.6 is 0 Å². The van der Waals surface area contributed by atoms with Gasteiger partial charge in [-0.25, -0.2) is 0 Å². The average Bonchev–Trinajstić information content (AvgIpc) is 2.70. The Bertz CT molecular complexity index is 960. The summed E-state index contributed by atoms with van der Waals surface area (Å²) in [6.07, 6.45) is 0. The Balaban J connectivity index is 1.87. The molecule has 0 fully saturated rings. The van der Waals surface area contributed by atoms with Crippen LogP contribution in [0.2, 0.25) is 0 Å². The van der Waals surface area contributed by atoms with Crippen molar-refractivity contribution in [2.75, 3.05) is 21.3 Å². The van der Waals surface area contributed by atoms with E-state index in [4.69, 9.17) is 14.2 Å². The van der Waals surface area contributed by atoms with Crippen molar-refractivity contribution >= 4 is 16.7 Å². The first-order valence-corrected chi connectivity index (χ1v) is 8.50. The molecule has 1 N–H and O–H groups in total. The van der Waals surface area contributed by atoms with Crippen LogP contribution in [0.4, 0.5) is 0 Å². The van der Waals surface area contributed by atoms with Crippen molar-refractivity contribution in [2.24, 2.45) is 0 Å². The third kappa shape index (κ3) is 3.79. The fourth-order valence-electron chi connectivity index (χ4n) is 3.03. The van der Waals surface area contributed by atoms with Crippen molar-refractivity contribution in [1.29, 1.82) is 0 Å². The summed E-state index contributed by atoms with van der Waals surface area (Å²) in [5.74, 6) is 1.06. The molecule has 0 bridgehead atoms. The predicted molar refractivity (Wildman–Crippen MR) is 104 cm³/mol. The number of carbonyl (C=O) groups is 1. The molecule has 0 aliphatic heterocycles. The van der Waals surface area contributed by atoms with Crippen molar-refractivity contribution in [2.45, 2.75) is 13.5 Å². The Hall–Kier alpha value is -3.28. The van der Waals surface area contributed by atoms with E-state index in [2.05, 4.69) is 10.3 Å². The maximum atomic E-state index is 12.7. The summed E-state index contributed by atoms with van der Waals surface area (Å²) in [5, 5.41) is 5.04. The molecule has 3 aromatic rings. The van der Waals surface area contributed by atoms with E-state index < -0.39 is 0 Å². The maximum absolute atomic E-state index is 12.7. The van der Waals surface area contributed by atoms with Crippen molar-refractivity contribution in [3.63, 3.8) is 0 Å². The van der Waals surface area contributed by atoms with Crippen LogP contribution in [0, 0.1) is 6.92 Å². The van der Waals surface area contributed by atoms with Gasteiger partial charge in [0, 0.05) is 16.6 Å². The first-order chi connectivity index (χ1) is 13.1. The van der Waals surface area contributed by atoms with Crippen molar-refractivity contribution in [1.82, 2.24) is 10.3 Å². The van der Waals surface area contributed by atoms with Gasteiger partial charge >= 0.3 is 0 Å². The highest BCUT2D eigenvalue weighted by molar-refractivity contribution is 5.96. The second-order valence-electron chi connectivity index (χ2n) is 6.03. The molecule has 0 aliphatic carbocycles. The van der Waals surface area contributed by atoms with Crippen LogP contribution < -0.4 is 19.5 Å². The van der Waals surface area contributed by atoms with E-state index >= 15 is 0 Å². The number of aryl methyl sites for hydroxylation is 1. The highest BCUT2D eigenvalue weighted by Gasteiger charge is 2.17. The molecule has 0 radical (unpaired) electrons. The number of carbonyl (C=O) groups excluding carboxylic acids is 1. The molecule has 0 aliphatic rings. The van der Waals surface area contributed by atoms with Crippen molar-refractivity contribution < 1.29 is 19.0 Å². The quantitative estimate of drug-likeness (QED) is 0.723. The molecule has 1 amide bonds. The predicted octanol–water partition coefficient (Wildman–Crippen LogP) is 3.50. The molecular formula is C21H22N2O4. The summed E-state index contributed by atoms with van der Waals surface area (Å²) >= 11 is 0. The third-order valence-corrected chi connectivity index (χ3v) is 4.29. The maximum Gasteiger partial charge on any atom is 0.251 e. The van der Waals surface area contributed by atoms with E-state index in [0.29, 0.717) is 29.4 Å². The second-order valence-corrected chi connectivity index (χ2v) is 6.03. The molecule has 6 heteroatoms. The van der Waals surface area contributed by atoms with Gasteiger partial charge < -0.3 is 19.5 Å². The highest BCUT2D eigenvalue weighted by atomic mass is 16.5. The normalized spacial score (nSPS) is 10.5. The molecule has 27 heavy (non-hydrogen) atoms. The van der Waals surface area contributed by atoms with E-state index in [-0.39, 0.29) is 5.91 Å². The fourth-order valence-corrected chi connectivity index (χ4v) is 3.03. The monoisotopic (exact) mass is 366 g/mol. The Morgan fingerprint density at radius 1 is 1.00 bits per heavy atom. The number of nitrogens with zero attached hydrogens (tertiary/aromatic N) is 1. The average molecular weight is 366 g/mol. The minimum Gasteiger partial charge on any atom is -0.493 e. The first kappa shape index (κ1) is 18.5. The number of hydrogen-bond acceptors (Lipinski definition) is 5. The number of pyridine rings is 1. The van der Waals surface area contributed by atoms with E-state index in [0.717, 1.165) is 22.2 Å². The number of ether oxygens (including phenoxy) is 3. The van der Waals surface area contributed by atoms with Gasteiger partial charge in [0.1, 0.15) is 0 Å². The van der Waals surface area contributed by atoms with Gasteiger partial charge in [0.05, 0.1) is 33.6 Å². The van der Waals surface area contributed by atoms with Gasteiger partial charge in [0.25, 0.3) is 5.91 Å². The minimum atomic E-state index is -0.248. The van der Waals surface area contributed by atoms with Gasteiger partial charge in [-0.05, 0) is 30.5 Å². The van der Waals surface area contributed by atoms with Gasteiger partial charge in [-0.1, -0.05) is 24.3 Å². The molecule has 0 saturated heterocycles. The van der Waals surface area contributed by atoms with Gasteiger partial charge in [0.2, 0.25) is 5.75 Å². The molecule has 2 aromatic carbocycles. The SMILES string of the molecule is COc1cc(C(=O)NCc2nc(C)cc3ccccc23)cc(OC)c1OC. The summed E-state index contributed by atoms with van der Waals surface area (Å²) in [6.45, 7) is 2.26. The molecule has 0 atom stereocenters. The number of benzene rings is 2. The lowest BCUT2D eigenvalue weighted by Gasteiger charge is -2.14. The molecule has 140 valence electrons. The van der Waals surface area contributed by atoms with Gasteiger partial charge in [-0.15, -0.1) is 0 Å². The van der Waals surface area contributed by atoms with Crippen LogP contribution in [0.15, 0.2) is 42.5 Å². The molecule has 0 unspecified atom stereocenters. The van der Waals surface area contributed by atoms with Gasteiger partial charge in [0.15, 0.2) is 11.5 Å². The van der Waals surface area contributed by atoms with E-state index in [9.17, 15) is 4.79 Å². The summed E-state index contributed by atoms with van der Waals surface area (Å²) in [5.41, 5.74) is 2.15. The lowest BCUT2D eigenvalue weighted by molar-refractivity contribution is 0.0949. The lowest BCUT2D eigenvalue weighted by Crippen LogP contribution is -2.23. The number of fused-ring (bicyclic) bond motifs is 1. The number of nitrogens with one attached hydrogen (secondary N) is 1. The molecule has 0 spiro atoms. The third-order valence-electron chi connectivity index (χ3n) is 4.29. The Morgan fingerprint density at radius 2 is 1.67 bits per heavy atom. The van der Waals surface area contributed by atoms with Gasteiger partial charge in [-0.2, -0.15) is 0 Å². The zero-order valence-electron chi connectivity index (χ0n) is 15.8. The smallest absolute Gasteiger partial charge is 0.251 e. The molecule has 0 saturated carbocycles. The van der Waals surface area contributed by atoms with E-state index in [1.807, 2.05) is 37.3 Å². The fraction of sp³-hybridized carbons (Fsp3) is 0.238. The van der Waals surface area contributed by atoms with E-state index in [1.165, 1.54) is 21.3 Å². The van der Waals surface area contributed by atoms with Crippen LogP contribution in [0.5, 0.6) is 17.2 Å². The molecule has 1 heterocycles. The zero-order valence-corrected chi connectivity index (χ0v) is 15.8. The Labute approximate surface area is 158 Å². The van der Waals surface area contributed by atoms with Crippen molar-refractivity contribution in [3.8, 4) is 17.2 Å². The lowest BCUT2D eigenvalue weighted by atomic mass is 10.1. The topological polar surface area (TPSA) is 69.7 Å². The number of rotatable bonds is 6. The number of aromatic nitrogens is 1. The number of amides is 1. The standard InChI is InChI=1S/C21H22N2O4/c1-13-9-14-7-5-6-8-16(14)17(23-13)12-22-21(24)15-10-18(25-2)20(27-4)19(11-15)26-3/h5-11H,12H2,1-4H3,(H,22,24). The van der Waals surface area contributed by atoms with Crippen molar-refractivity contribution in [3.05, 3.63) is 59.4 Å². The first-order valence-electron chi connectivity index (χ1n) is 8.50. The van der Waals surface area contributed by atoms with Crippen LogP contribution in [0.1, 0.15) is 21.7 Å². The van der Waals surface area contributed by atoms with E-state index in [1.54, 1.807) is 12.1 Å². The summed E-state index contributed by atoms with van der Waals surface area (Å²) in [4.78, 5) is 17.3. The molecule has 3 rings (SSSR count). The summed E-state index contributed by atoms with van der Waals surface area (Å²) in [6, 6.07) is 13.3. The molecular weight excluding hydrogens is 344 g/mol. The molecule has 1 aromatic heterocycles. The van der Waals surface area contributed by atoms with Gasteiger partial charge in [-0.3, -0.25) is 9.78 Å². The molecule has 6 nitrogen and oxygen atoms in total. The Morgan fingerprint density at radius 3 is 2.30 bits per heavy atom. The largest absolute Gasteiger partial charge is 0.493 e. The minimum absolute atomic E-state index is 0.248. The zero-order chi connectivity index (χ0) is 19.4. The number of hydrogen-bond donors (Lipinski definition) is 1. The summed E-state index contributed by atoms with van der Waals surface area (Å²) in [7, 11) is 4.55.